The molecule has 0 aromatic carbocycles. The fourth-order valence-electron chi connectivity index (χ4n) is 4.30. The van der Waals surface area contributed by atoms with Crippen LogP contribution in [0.4, 0.5) is 4.79 Å². The van der Waals surface area contributed by atoms with E-state index in [9.17, 15) is 9.59 Å². The number of nitrogens with zero attached hydrogens (tertiary/aromatic N) is 5. The molecular weight excluding hydrogens is 454 g/mol. The summed E-state index contributed by atoms with van der Waals surface area (Å²) in [5, 5.41) is 1.05. The van der Waals surface area contributed by atoms with E-state index in [2.05, 4.69) is 21.9 Å². The molecule has 2 saturated heterocycles. The Labute approximate surface area is 207 Å². The first-order chi connectivity index (χ1) is 16.5. The number of amides is 2. The fraction of sp³-hybridized carbons (Fsp3) is 0.750. The number of hydrogen-bond donors (Lipinski definition) is 0. The summed E-state index contributed by atoms with van der Waals surface area (Å²) in [4.78, 5) is 42.6. The van der Waals surface area contributed by atoms with Crippen molar-refractivity contribution in [1.82, 2.24) is 24.8 Å². The van der Waals surface area contributed by atoms with E-state index in [0.29, 0.717) is 25.9 Å². The number of rotatable bonds is 7. The minimum Gasteiger partial charge on any atom is -0.474 e. The molecule has 0 N–H and O–H groups in total. The molecule has 2 atom stereocenters. The molecular formula is C24H39N5O6. The zero-order valence-electron chi connectivity index (χ0n) is 21.9. The van der Waals surface area contributed by atoms with Gasteiger partial charge in [0, 0.05) is 39.0 Å². The van der Waals surface area contributed by atoms with Gasteiger partial charge in [-0.1, -0.05) is 0 Å². The minimum absolute atomic E-state index is 0.0694. The summed E-state index contributed by atoms with van der Waals surface area (Å²) in [7, 11) is 4.96. The van der Waals surface area contributed by atoms with Gasteiger partial charge in [-0.3, -0.25) is 14.5 Å². The zero-order valence-corrected chi connectivity index (χ0v) is 21.9. The minimum atomic E-state index is -0.537. The topological polar surface area (TPSA) is 107 Å². The molecule has 1 aromatic rings. The summed E-state index contributed by atoms with van der Waals surface area (Å²) in [5.74, 6) is -0.0411. The fourth-order valence-corrected chi connectivity index (χ4v) is 4.30. The highest BCUT2D eigenvalue weighted by molar-refractivity contribution is 5.89. The lowest BCUT2D eigenvalue weighted by atomic mass is 10.1. The summed E-state index contributed by atoms with van der Waals surface area (Å²) in [6.07, 6.45) is 2.78. The first-order valence-electron chi connectivity index (χ1n) is 12.2. The maximum atomic E-state index is 12.7. The molecule has 3 rings (SSSR count). The molecule has 0 unspecified atom stereocenters. The van der Waals surface area contributed by atoms with E-state index >= 15 is 0 Å². The molecule has 0 spiro atoms. The van der Waals surface area contributed by atoms with Gasteiger partial charge in [0.15, 0.2) is 0 Å². The van der Waals surface area contributed by atoms with Crippen LogP contribution in [-0.4, -0.2) is 102 Å². The number of likely N-dealkylation sites (tertiary alicyclic amines) is 2. The Morgan fingerprint density at radius 3 is 2.34 bits per heavy atom. The van der Waals surface area contributed by atoms with Gasteiger partial charge >= 0.3 is 12.0 Å². The van der Waals surface area contributed by atoms with Crippen LogP contribution in [0.3, 0.4) is 0 Å². The van der Waals surface area contributed by atoms with E-state index < -0.39 is 11.5 Å². The van der Waals surface area contributed by atoms with Gasteiger partial charge in [0.1, 0.15) is 17.8 Å². The van der Waals surface area contributed by atoms with Crippen LogP contribution in [0.1, 0.15) is 64.0 Å². The smallest absolute Gasteiger partial charge is 0.410 e. The summed E-state index contributed by atoms with van der Waals surface area (Å²) in [5.41, 5.74) is -0.537. The number of hydroxylamine groups is 2. The van der Waals surface area contributed by atoms with Gasteiger partial charge in [-0.25, -0.2) is 9.86 Å². The molecule has 0 bridgehead atoms. The number of piperidine rings is 1. The Hall–Kier alpha value is -2.66. The van der Waals surface area contributed by atoms with Gasteiger partial charge in [-0.05, 0) is 54.1 Å². The van der Waals surface area contributed by atoms with Gasteiger partial charge in [0.25, 0.3) is 0 Å². The van der Waals surface area contributed by atoms with Gasteiger partial charge in [0.05, 0.1) is 13.2 Å². The van der Waals surface area contributed by atoms with Crippen molar-refractivity contribution in [3.8, 4) is 11.8 Å². The van der Waals surface area contributed by atoms with Crippen LogP contribution >= 0.6 is 0 Å². The standard InChI is InChI=1S/C24H39N5O6/c1-16(18-9-8-12-27(18)5)33-19-15-20(26-21(25-19)22(30)28(6)32-7)34-17-10-13-29(14-11-17)23(31)35-24(2,3)4/h15-18H,8-14H2,1-7H3/t16-,18-/m0/s1. The average Bonchev–Trinajstić information content (AvgIpc) is 3.23. The second kappa shape index (κ2) is 11.4. The number of carbonyl (C=O) groups is 2. The van der Waals surface area contributed by atoms with Crippen LogP contribution in [0.5, 0.6) is 11.8 Å². The van der Waals surface area contributed by atoms with Crippen LogP contribution in [0.2, 0.25) is 0 Å². The van der Waals surface area contributed by atoms with Crippen molar-refractivity contribution in [3.05, 3.63) is 11.9 Å². The molecule has 2 amide bonds. The molecule has 0 aliphatic carbocycles. The Bertz CT molecular complexity index is 884. The number of aromatic nitrogens is 2. The summed E-state index contributed by atoms with van der Waals surface area (Å²) in [6.45, 7) is 9.60. The Kier molecular flexibility index (Phi) is 8.76. The van der Waals surface area contributed by atoms with Crippen molar-refractivity contribution in [2.45, 2.75) is 77.2 Å². The van der Waals surface area contributed by atoms with Crippen LogP contribution in [0, 0.1) is 0 Å². The third kappa shape index (κ3) is 7.41. The first-order valence-corrected chi connectivity index (χ1v) is 12.2. The highest BCUT2D eigenvalue weighted by Crippen LogP contribution is 2.25. The van der Waals surface area contributed by atoms with Crippen LogP contribution in [-0.2, 0) is 9.57 Å². The van der Waals surface area contributed by atoms with Gasteiger partial charge in [-0.15, -0.1) is 0 Å². The monoisotopic (exact) mass is 493 g/mol. The lowest BCUT2D eigenvalue weighted by Crippen LogP contribution is -2.44. The van der Waals surface area contributed by atoms with Gasteiger partial charge < -0.3 is 19.1 Å². The molecule has 35 heavy (non-hydrogen) atoms. The summed E-state index contributed by atoms with van der Waals surface area (Å²) in [6, 6.07) is 1.89. The molecule has 1 aromatic heterocycles. The van der Waals surface area contributed by atoms with Crippen molar-refractivity contribution in [3.63, 3.8) is 0 Å². The predicted octanol–water partition coefficient (Wildman–Crippen LogP) is 2.75. The molecule has 196 valence electrons. The summed E-state index contributed by atoms with van der Waals surface area (Å²) < 4.78 is 17.7. The molecule has 0 saturated carbocycles. The number of likely N-dealkylation sites (N-methyl/N-ethyl adjacent to an activating group) is 1. The lowest BCUT2D eigenvalue weighted by Gasteiger charge is -2.33. The Morgan fingerprint density at radius 1 is 1.11 bits per heavy atom. The van der Waals surface area contributed by atoms with Crippen molar-refractivity contribution >= 4 is 12.0 Å². The largest absolute Gasteiger partial charge is 0.474 e. The highest BCUT2D eigenvalue weighted by Gasteiger charge is 2.30. The number of ether oxygens (including phenoxy) is 3. The van der Waals surface area contributed by atoms with Crippen molar-refractivity contribution in [2.24, 2.45) is 0 Å². The van der Waals surface area contributed by atoms with E-state index in [1.54, 1.807) is 11.0 Å². The maximum absolute atomic E-state index is 12.7. The van der Waals surface area contributed by atoms with E-state index in [0.717, 1.165) is 24.4 Å². The second-order valence-corrected chi connectivity index (χ2v) is 10.2. The molecule has 11 nitrogen and oxygen atoms in total. The second-order valence-electron chi connectivity index (χ2n) is 10.2. The molecule has 2 aliphatic rings. The van der Waals surface area contributed by atoms with Crippen LogP contribution in [0.25, 0.3) is 0 Å². The molecule has 3 heterocycles. The third-order valence-electron chi connectivity index (χ3n) is 6.24. The van der Waals surface area contributed by atoms with Crippen molar-refractivity contribution in [1.29, 1.82) is 0 Å². The Balaban J connectivity index is 1.70. The summed E-state index contributed by atoms with van der Waals surface area (Å²) >= 11 is 0. The van der Waals surface area contributed by atoms with Gasteiger partial charge in [-0.2, -0.15) is 9.97 Å². The van der Waals surface area contributed by atoms with E-state index in [4.69, 9.17) is 19.0 Å². The Morgan fingerprint density at radius 2 is 1.77 bits per heavy atom. The zero-order chi connectivity index (χ0) is 25.8. The SMILES string of the molecule is CON(C)C(=O)c1nc(OC2CCN(C(=O)OC(C)(C)C)CC2)cc(O[C@@H](C)[C@@H]2CCCN2C)n1. The normalized spacial score (nSPS) is 20.4. The van der Waals surface area contributed by atoms with E-state index in [-0.39, 0.29) is 41.9 Å². The van der Waals surface area contributed by atoms with Crippen LogP contribution < -0.4 is 9.47 Å². The number of hydrogen-bond acceptors (Lipinski definition) is 9. The maximum Gasteiger partial charge on any atom is 0.410 e. The molecule has 11 heteroatoms. The molecule has 0 radical (unpaired) electrons. The predicted molar refractivity (Wildman–Crippen MR) is 128 cm³/mol. The first kappa shape index (κ1) is 26.9. The highest BCUT2D eigenvalue weighted by atomic mass is 16.7. The average molecular weight is 494 g/mol. The lowest BCUT2D eigenvalue weighted by molar-refractivity contribution is -0.0765. The van der Waals surface area contributed by atoms with Crippen molar-refractivity contribution in [2.75, 3.05) is 40.8 Å². The van der Waals surface area contributed by atoms with Gasteiger partial charge in [0.2, 0.25) is 17.6 Å². The number of carbonyl (C=O) groups excluding carboxylic acids is 2. The molecule has 2 aliphatic heterocycles. The van der Waals surface area contributed by atoms with Crippen LogP contribution in [0.15, 0.2) is 6.07 Å². The molecule has 2 fully saturated rings. The quantitative estimate of drug-likeness (QED) is 0.530. The van der Waals surface area contributed by atoms with E-state index in [1.807, 2.05) is 27.7 Å². The van der Waals surface area contributed by atoms with Crippen molar-refractivity contribution < 1.29 is 28.6 Å². The van der Waals surface area contributed by atoms with E-state index in [1.165, 1.54) is 14.2 Å². The third-order valence-corrected chi connectivity index (χ3v) is 6.24.